The van der Waals surface area contributed by atoms with Crippen LogP contribution in [0.2, 0.25) is 5.02 Å². The quantitative estimate of drug-likeness (QED) is 0.418. The van der Waals surface area contributed by atoms with E-state index in [4.69, 9.17) is 27.1 Å². The van der Waals surface area contributed by atoms with Crippen molar-refractivity contribution in [2.24, 2.45) is 0 Å². The molecule has 2 N–H and O–H groups in total. The van der Waals surface area contributed by atoms with Gasteiger partial charge in [0.1, 0.15) is 9.71 Å². The normalized spacial score (nSPS) is 10.9. The van der Waals surface area contributed by atoms with Gasteiger partial charge >= 0.3 is 5.97 Å². The van der Waals surface area contributed by atoms with Crippen molar-refractivity contribution < 1.29 is 9.53 Å². The SMILES string of the molecule is CCOC(=O)c1sc2nc(-c3ccccc3)cc(-c3ccc(Cl)cc3)c2c1N. The zero-order chi connectivity index (χ0) is 19.7. The molecule has 0 radical (unpaired) electrons. The Labute approximate surface area is 171 Å². The van der Waals surface area contributed by atoms with Crippen molar-refractivity contribution in [1.82, 2.24) is 4.98 Å². The molecule has 4 rings (SSSR count). The monoisotopic (exact) mass is 408 g/mol. The maximum atomic E-state index is 12.3. The molecule has 0 spiro atoms. The lowest BCUT2D eigenvalue weighted by atomic mass is 9.99. The van der Waals surface area contributed by atoms with E-state index in [-0.39, 0.29) is 0 Å². The Kier molecular flexibility index (Phi) is 5.03. The number of thiophene rings is 1. The van der Waals surface area contributed by atoms with Crippen molar-refractivity contribution in [3.63, 3.8) is 0 Å². The molecule has 0 aliphatic carbocycles. The summed E-state index contributed by atoms with van der Waals surface area (Å²) < 4.78 is 5.16. The first-order valence-corrected chi connectivity index (χ1v) is 9.99. The van der Waals surface area contributed by atoms with Crippen LogP contribution in [0.3, 0.4) is 0 Å². The lowest BCUT2D eigenvalue weighted by molar-refractivity contribution is 0.0533. The van der Waals surface area contributed by atoms with Gasteiger partial charge < -0.3 is 10.5 Å². The number of esters is 1. The van der Waals surface area contributed by atoms with Crippen molar-refractivity contribution in [2.75, 3.05) is 12.3 Å². The van der Waals surface area contributed by atoms with Crippen LogP contribution in [0.1, 0.15) is 16.6 Å². The molecule has 28 heavy (non-hydrogen) atoms. The van der Waals surface area contributed by atoms with Crippen molar-refractivity contribution in [3.05, 3.63) is 70.6 Å². The number of nitrogen functional groups attached to an aromatic ring is 1. The van der Waals surface area contributed by atoms with Crippen molar-refractivity contribution in [3.8, 4) is 22.4 Å². The minimum Gasteiger partial charge on any atom is -0.462 e. The first-order valence-electron chi connectivity index (χ1n) is 8.80. The van der Waals surface area contributed by atoms with Gasteiger partial charge in [0, 0.05) is 16.0 Å². The lowest BCUT2D eigenvalue weighted by Gasteiger charge is -2.09. The van der Waals surface area contributed by atoms with Gasteiger partial charge in [0.25, 0.3) is 0 Å². The molecule has 0 saturated heterocycles. The summed E-state index contributed by atoms with van der Waals surface area (Å²) in [5, 5.41) is 1.41. The predicted octanol–water partition coefficient (Wildman–Crippen LogP) is 6.04. The number of nitrogens with two attached hydrogens (primary N) is 1. The van der Waals surface area contributed by atoms with E-state index in [1.807, 2.05) is 60.7 Å². The van der Waals surface area contributed by atoms with Crippen LogP contribution in [0.25, 0.3) is 32.6 Å². The number of benzene rings is 2. The Morgan fingerprint density at radius 2 is 1.82 bits per heavy atom. The molecule has 0 unspecified atom stereocenters. The predicted molar refractivity (Wildman–Crippen MR) is 116 cm³/mol. The third-order valence-electron chi connectivity index (χ3n) is 4.38. The van der Waals surface area contributed by atoms with Gasteiger partial charge in [-0.25, -0.2) is 9.78 Å². The molecule has 0 aliphatic rings. The molecule has 0 fully saturated rings. The lowest BCUT2D eigenvalue weighted by Crippen LogP contribution is -2.04. The third-order valence-corrected chi connectivity index (χ3v) is 5.72. The molecular weight excluding hydrogens is 392 g/mol. The Balaban J connectivity index is 2.00. The number of aromatic nitrogens is 1. The topological polar surface area (TPSA) is 65.2 Å². The number of halogens is 1. The highest BCUT2D eigenvalue weighted by Gasteiger charge is 2.22. The summed E-state index contributed by atoms with van der Waals surface area (Å²) in [4.78, 5) is 18.2. The van der Waals surface area contributed by atoms with E-state index in [1.165, 1.54) is 11.3 Å². The van der Waals surface area contributed by atoms with Crippen LogP contribution in [-0.2, 0) is 4.74 Å². The Hall–Kier alpha value is -2.89. The molecular formula is C22H17ClN2O2S. The molecule has 2 heterocycles. The molecule has 0 atom stereocenters. The van der Waals surface area contributed by atoms with Gasteiger partial charge in [0.05, 0.1) is 18.0 Å². The van der Waals surface area contributed by atoms with Crippen LogP contribution in [0.15, 0.2) is 60.7 Å². The summed E-state index contributed by atoms with van der Waals surface area (Å²) in [5.74, 6) is -0.425. The fourth-order valence-corrected chi connectivity index (χ4v) is 4.22. The highest BCUT2D eigenvalue weighted by Crippen LogP contribution is 2.41. The number of fused-ring (bicyclic) bond motifs is 1. The molecule has 2 aromatic carbocycles. The molecule has 2 aromatic heterocycles. The van der Waals surface area contributed by atoms with Gasteiger partial charge in [-0.15, -0.1) is 11.3 Å². The average Bonchev–Trinajstić information content (AvgIpc) is 3.05. The van der Waals surface area contributed by atoms with Crippen LogP contribution in [0.5, 0.6) is 0 Å². The summed E-state index contributed by atoms with van der Waals surface area (Å²) in [7, 11) is 0. The maximum absolute atomic E-state index is 12.3. The van der Waals surface area contributed by atoms with Crippen molar-refractivity contribution in [1.29, 1.82) is 0 Å². The van der Waals surface area contributed by atoms with E-state index in [2.05, 4.69) is 0 Å². The van der Waals surface area contributed by atoms with Gasteiger partial charge in [-0.3, -0.25) is 0 Å². The van der Waals surface area contributed by atoms with E-state index >= 15 is 0 Å². The fraction of sp³-hybridized carbons (Fsp3) is 0.0909. The summed E-state index contributed by atoms with van der Waals surface area (Å²) in [6.45, 7) is 2.06. The second-order valence-corrected chi connectivity index (χ2v) is 7.61. The summed E-state index contributed by atoms with van der Waals surface area (Å²) >= 11 is 7.32. The maximum Gasteiger partial charge on any atom is 0.350 e. The van der Waals surface area contributed by atoms with E-state index in [1.54, 1.807) is 6.92 Å². The number of carbonyl (C=O) groups is 1. The number of rotatable bonds is 4. The first kappa shape index (κ1) is 18.5. The highest BCUT2D eigenvalue weighted by atomic mass is 35.5. The van der Waals surface area contributed by atoms with E-state index in [0.717, 1.165) is 27.8 Å². The van der Waals surface area contributed by atoms with Crippen LogP contribution in [0.4, 0.5) is 5.69 Å². The van der Waals surface area contributed by atoms with Crippen molar-refractivity contribution >= 4 is 44.8 Å². The van der Waals surface area contributed by atoms with E-state index < -0.39 is 5.97 Å². The first-order chi connectivity index (χ1) is 13.6. The minimum absolute atomic E-state index is 0.291. The molecule has 0 saturated carbocycles. The fourth-order valence-electron chi connectivity index (χ4n) is 3.08. The average molecular weight is 409 g/mol. The zero-order valence-corrected chi connectivity index (χ0v) is 16.7. The van der Waals surface area contributed by atoms with Gasteiger partial charge in [-0.05, 0) is 36.2 Å². The number of hydrogen-bond donors (Lipinski definition) is 1. The van der Waals surface area contributed by atoms with Gasteiger partial charge in [0.2, 0.25) is 0 Å². The number of nitrogens with zero attached hydrogens (tertiary/aromatic N) is 1. The number of carbonyl (C=O) groups excluding carboxylic acids is 1. The molecule has 6 heteroatoms. The molecule has 0 bridgehead atoms. The Bertz CT molecular complexity index is 1150. The standard InChI is InChI=1S/C22H17ClN2O2S/c1-2-27-22(26)20-19(24)18-16(13-8-10-15(23)11-9-13)12-17(25-21(18)28-20)14-6-4-3-5-7-14/h3-12H,2,24H2,1H3. The summed E-state index contributed by atoms with van der Waals surface area (Å²) in [5.41, 5.74) is 10.4. The van der Waals surface area contributed by atoms with Crippen LogP contribution < -0.4 is 5.73 Å². The number of pyridine rings is 1. The van der Waals surface area contributed by atoms with Crippen molar-refractivity contribution in [2.45, 2.75) is 6.92 Å². The number of hydrogen-bond acceptors (Lipinski definition) is 5. The largest absolute Gasteiger partial charge is 0.462 e. The molecule has 0 aliphatic heterocycles. The Morgan fingerprint density at radius 1 is 1.11 bits per heavy atom. The van der Waals surface area contributed by atoms with E-state index in [0.29, 0.717) is 27.0 Å². The van der Waals surface area contributed by atoms with Gasteiger partial charge in [-0.1, -0.05) is 54.1 Å². The second-order valence-electron chi connectivity index (χ2n) is 6.17. The zero-order valence-electron chi connectivity index (χ0n) is 15.1. The van der Waals surface area contributed by atoms with Gasteiger partial charge in [-0.2, -0.15) is 0 Å². The van der Waals surface area contributed by atoms with Crippen LogP contribution in [0, 0.1) is 0 Å². The third kappa shape index (κ3) is 3.35. The second kappa shape index (κ2) is 7.62. The highest BCUT2D eigenvalue weighted by molar-refractivity contribution is 7.21. The minimum atomic E-state index is -0.425. The Morgan fingerprint density at radius 3 is 2.50 bits per heavy atom. The summed E-state index contributed by atoms with van der Waals surface area (Å²) in [6, 6.07) is 19.4. The van der Waals surface area contributed by atoms with Gasteiger partial charge in [0.15, 0.2) is 0 Å². The smallest absolute Gasteiger partial charge is 0.350 e. The molecule has 4 aromatic rings. The number of anilines is 1. The summed E-state index contributed by atoms with van der Waals surface area (Å²) in [6.07, 6.45) is 0. The van der Waals surface area contributed by atoms with E-state index in [9.17, 15) is 4.79 Å². The number of ether oxygens (including phenoxy) is 1. The van der Waals surface area contributed by atoms with Crippen LogP contribution in [-0.4, -0.2) is 17.6 Å². The molecule has 4 nitrogen and oxygen atoms in total. The van der Waals surface area contributed by atoms with Crippen LogP contribution >= 0.6 is 22.9 Å². The molecule has 140 valence electrons. The molecule has 0 amide bonds.